The van der Waals surface area contributed by atoms with E-state index in [9.17, 15) is 8.42 Å². The molecule has 1 heterocycles. The number of hydrogen-bond donors (Lipinski definition) is 1. The molecule has 0 atom stereocenters. The fraction of sp³-hybridized carbons (Fsp3) is 0.333. The van der Waals surface area contributed by atoms with Crippen LogP contribution in [0, 0.1) is 0 Å². The van der Waals surface area contributed by atoms with Gasteiger partial charge in [0.2, 0.25) is 10.0 Å². The Morgan fingerprint density at radius 2 is 1.48 bits per heavy atom. The van der Waals surface area contributed by atoms with Crippen LogP contribution in [0.5, 0.6) is 0 Å². The van der Waals surface area contributed by atoms with Gasteiger partial charge in [0.05, 0.1) is 5.75 Å². The van der Waals surface area contributed by atoms with Crippen LogP contribution in [0.2, 0.25) is 0 Å². The number of nitrogens with zero attached hydrogens (tertiary/aromatic N) is 1. The fourth-order valence-electron chi connectivity index (χ4n) is 2.98. The van der Waals surface area contributed by atoms with Crippen molar-refractivity contribution in [1.82, 2.24) is 4.72 Å². The SMILES string of the molecule is O=S(=O)(Cc1ccccc1)NC1CCN(c2ccccc2)CC1. The van der Waals surface area contributed by atoms with E-state index < -0.39 is 10.0 Å². The molecule has 1 N–H and O–H groups in total. The third kappa shape index (κ3) is 4.56. The highest BCUT2D eigenvalue weighted by Crippen LogP contribution is 2.20. The maximum absolute atomic E-state index is 12.3. The van der Waals surface area contributed by atoms with Crippen LogP contribution in [0.15, 0.2) is 60.7 Å². The lowest BCUT2D eigenvalue weighted by Gasteiger charge is -2.33. The molecule has 0 spiro atoms. The van der Waals surface area contributed by atoms with Gasteiger partial charge in [-0.1, -0.05) is 48.5 Å². The Bertz CT molecular complexity index is 709. The van der Waals surface area contributed by atoms with Crippen molar-refractivity contribution in [2.45, 2.75) is 24.6 Å². The Hall–Kier alpha value is -1.85. The molecule has 122 valence electrons. The molecule has 2 aromatic carbocycles. The third-order valence-corrected chi connectivity index (χ3v) is 5.57. The van der Waals surface area contributed by atoms with Crippen LogP contribution in [-0.4, -0.2) is 27.5 Å². The zero-order chi connectivity index (χ0) is 16.1. The summed E-state index contributed by atoms with van der Waals surface area (Å²) in [5.41, 5.74) is 2.03. The molecule has 1 saturated heterocycles. The first-order valence-corrected chi connectivity index (χ1v) is 9.61. The molecule has 0 amide bonds. The number of anilines is 1. The normalized spacial score (nSPS) is 16.4. The first-order chi connectivity index (χ1) is 11.1. The van der Waals surface area contributed by atoms with Gasteiger partial charge >= 0.3 is 0 Å². The van der Waals surface area contributed by atoms with Gasteiger partial charge in [0.15, 0.2) is 0 Å². The van der Waals surface area contributed by atoms with Crippen molar-refractivity contribution in [3.05, 3.63) is 66.2 Å². The van der Waals surface area contributed by atoms with Crippen LogP contribution < -0.4 is 9.62 Å². The number of benzene rings is 2. The van der Waals surface area contributed by atoms with Gasteiger partial charge in [-0.15, -0.1) is 0 Å². The van der Waals surface area contributed by atoms with Gasteiger partial charge in [0, 0.05) is 24.8 Å². The van der Waals surface area contributed by atoms with Crippen LogP contribution >= 0.6 is 0 Å². The zero-order valence-corrected chi connectivity index (χ0v) is 13.9. The summed E-state index contributed by atoms with van der Waals surface area (Å²) in [5, 5.41) is 0. The summed E-state index contributed by atoms with van der Waals surface area (Å²) in [5.74, 6) is 0.0484. The van der Waals surface area contributed by atoms with Crippen molar-refractivity contribution in [1.29, 1.82) is 0 Å². The average molecular weight is 330 g/mol. The standard InChI is InChI=1S/C18H22N2O2S/c21-23(22,15-16-7-3-1-4-8-16)19-17-11-13-20(14-12-17)18-9-5-2-6-10-18/h1-10,17,19H,11-15H2. The van der Waals surface area contributed by atoms with Gasteiger partial charge in [-0.25, -0.2) is 13.1 Å². The molecule has 1 fully saturated rings. The van der Waals surface area contributed by atoms with Gasteiger partial charge < -0.3 is 4.90 Å². The Kier molecular flexibility index (Phi) is 4.98. The highest BCUT2D eigenvalue weighted by Gasteiger charge is 2.23. The van der Waals surface area contributed by atoms with Crippen molar-refractivity contribution >= 4 is 15.7 Å². The van der Waals surface area contributed by atoms with Crippen LogP contribution in [0.3, 0.4) is 0 Å². The molecule has 0 aromatic heterocycles. The predicted octanol–water partition coefficient (Wildman–Crippen LogP) is 2.78. The maximum atomic E-state index is 12.3. The van der Waals surface area contributed by atoms with E-state index in [0.29, 0.717) is 0 Å². The van der Waals surface area contributed by atoms with Crippen LogP contribution in [0.4, 0.5) is 5.69 Å². The van der Waals surface area contributed by atoms with Crippen LogP contribution in [0.25, 0.3) is 0 Å². The second-order valence-corrected chi connectivity index (χ2v) is 7.71. The van der Waals surface area contributed by atoms with Crippen molar-refractivity contribution in [2.24, 2.45) is 0 Å². The van der Waals surface area contributed by atoms with Crippen molar-refractivity contribution < 1.29 is 8.42 Å². The number of rotatable bonds is 5. The minimum absolute atomic E-state index is 0.0312. The fourth-order valence-corrected chi connectivity index (χ4v) is 4.44. The highest BCUT2D eigenvalue weighted by atomic mass is 32.2. The number of nitrogens with one attached hydrogen (secondary N) is 1. The molecule has 0 radical (unpaired) electrons. The lowest BCUT2D eigenvalue weighted by Crippen LogP contribution is -2.45. The highest BCUT2D eigenvalue weighted by molar-refractivity contribution is 7.88. The third-order valence-electron chi connectivity index (χ3n) is 4.16. The molecule has 0 bridgehead atoms. The molecule has 2 aromatic rings. The van der Waals surface area contributed by atoms with E-state index in [-0.39, 0.29) is 11.8 Å². The maximum Gasteiger partial charge on any atom is 0.216 e. The molecule has 3 rings (SSSR count). The van der Waals surface area contributed by atoms with E-state index in [1.165, 1.54) is 5.69 Å². The number of piperidine rings is 1. The zero-order valence-electron chi connectivity index (χ0n) is 13.1. The molecule has 5 heteroatoms. The van der Waals surface area contributed by atoms with Crippen LogP contribution in [0.1, 0.15) is 18.4 Å². The number of hydrogen-bond acceptors (Lipinski definition) is 3. The van der Waals surface area contributed by atoms with E-state index in [1.807, 2.05) is 48.5 Å². The molecule has 0 aliphatic carbocycles. The van der Waals surface area contributed by atoms with E-state index in [4.69, 9.17) is 0 Å². The second-order valence-electron chi connectivity index (χ2n) is 5.96. The Labute approximate surface area is 138 Å². The second kappa shape index (κ2) is 7.15. The molecule has 23 heavy (non-hydrogen) atoms. The molecule has 4 nitrogen and oxygen atoms in total. The summed E-state index contributed by atoms with van der Waals surface area (Å²) in [4.78, 5) is 2.31. The summed E-state index contributed by atoms with van der Waals surface area (Å²) in [6, 6.07) is 19.6. The largest absolute Gasteiger partial charge is 0.371 e. The molecule has 0 saturated carbocycles. The van der Waals surface area contributed by atoms with Crippen molar-refractivity contribution in [2.75, 3.05) is 18.0 Å². The first kappa shape index (κ1) is 16.0. The first-order valence-electron chi connectivity index (χ1n) is 7.96. The average Bonchev–Trinajstić information content (AvgIpc) is 2.56. The van der Waals surface area contributed by atoms with Gasteiger partial charge in [0.25, 0.3) is 0 Å². The summed E-state index contributed by atoms with van der Waals surface area (Å²) in [6.07, 6.45) is 1.67. The van der Waals surface area contributed by atoms with E-state index in [2.05, 4.69) is 21.8 Å². The minimum atomic E-state index is -3.28. The summed E-state index contributed by atoms with van der Waals surface area (Å²) < 4.78 is 27.5. The van der Waals surface area contributed by atoms with Gasteiger partial charge in [-0.3, -0.25) is 0 Å². The van der Waals surface area contributed by atoms with E-state index in [1.54, 1.807) is 0 Å². The Morgan fingerprint density at radius 3 is 2.09 bits per heavy atom. The molecular formula is C18H22N2O2S. The predicted molar refractivity (Wildman–Crippen MR) is 93.9 cm³/mol. The van der Waals surface area contributed by atoms with Gasteiger partial charge in [-0.05, 0) is 30.5 Å². The lowest BCUT2D eigenvalue weighted by atomic mass is 10.1. The van der Waals surface area contributed by atoms with E-state index >= 15 is 0 Å². The topological polar surface area (TPSA) is 49.4 Å². The minimum Gasteiger partial charge on any atom is -0.371 e. The van der Waals surface area contributed by atoms with Crippen molar-refractivity contribution in [3.8, 4) is 0 Å². The summed E-state index contributed by atoms with van der Waals surface area (Å²) in [7, 11) is -3.28. The van der Waals surface area contributed by atoms with E-state index in [0.717, 1.165) is 31.5 Å². The number of sulfonamides is 1. The van der Waals surface area contributed by atoms with Crippen molar-refractivity contribution in [3.63, 3.8) is 0 Å². The van der Waals surface area contributed by atoms with Gasteiger partial charge in [-0.2, -0.15) is 0 Å². The monoisotopic (exact) mass is 330 g/mol. The van der Waals surface area contributed by atoms with Crippen LogP contribution in [-0.2, 0) is 15.8 Å². The molecule has 0 unspecified atom stereocenters. The molecule has 1 aliphatic heterocycles. The van der Waals surface area contributed by atoms with Gasteiger partial charge in [0.1, 0.15) is 0 Å². The number of para-hydroxylation sites is 1. The Balaban J connectivity index is 1.54. The smallest absolute Gasteiger partial charge is 0.216 e. The molecule has 1 aliphatic rings. The summed E-state index contributed by atoms with van der Waals surface area (Å²) in [6.45, 7) is 1.76. The lowest BCUT2D eigenvalue weighted by molar-refractivity contribution is 0.460. The Morgan fingerprint density at radius 1 is 0.913 bits per heavy atom. The summed E-state index contributed by atoms with van der Waals surface area (Å²) >= 11 is 0. The quantitative estimate of drug-likeness (QED) is 0.917. The molecular weight excluding hydrogens is 308 g/mol.